The van der Waals surface area contributed by atoms with Gasteiger partial charge < -0.3 is 14.8 Å². The van der Waals surface area contributed by atoms with Gasteiger partial charge in [-0.1, -0.05) is 48.5 Å². The van der Waals surface area contributed by atoms with E-state index in [1.807, 2.05) is 50.2 Å². The Morgan fingerprint density at radius 1 is 0.882 bits per heavy atom. The number of nitrogens with zero attached hydrogens (tertiary/aromatic N) is 1. The van der Waals surface area contributed by atoms with Crippen molar-refractivity contribution < 1.29 is 23.9 Å². The summed E-state index contributed by atoms with van der Waals surface area (Å²) in [6.07, 6.45) is 0. The Hall–Kier alpha value is -4.13. The van der Waals surface area contributed by atoms with Crippen LogP contribution in [-0.4, -0.2) is 42.4 Å². The van der Waals surface area contributed by atoms with Gasteiger partial charge in [0, 0.05) is 5.56 Å². The van der Waals surface area contributed by atoms with E-state index in [-0.39, 0.29) is 12.3 Å². The number of urea groups is 1. The van der Waals surface area contributed by atoms with E-state index in [1.54, 1.807) is 30.3 Å². The number of rotatable bonds is 5. The summed E-state index contributed by atoms with van der Waals surface area (Å²) in [5.41, 5.74) is 2.28. The summed E-state index contributed by atoms with van der Waals surface area (Å²) in [5.74, 6) is 0.181. The van der Waals surface area contributed by atoms with Gasteiger partial charge in [0.25, 0.3) is 5.91 Å². The fourth-order valence-corrected chi connectivity index (χ4v) is 4.39. The third kappa shape index (κ3) is 3.50. The van der Waals surface area contributed by atoms with Crippen LogP contribution in [0.5, 0.6) is 11.5 Å². The highest BCUT2D eigenvalue weighted by Crippen LogP contribution is 2.37. The molecule has 3 aromatic carbocycles. The Bertz CT molecular complexity index is 1300. The van der Waals surface area contributed by atoms with E-state index in [4.69, 9.17) is 9.47 Å². The van der Waals surface area contributed by atoms with Gasteiger partial charge in [-0.2, -0.15) is 0 Å². The molecule has 2 aliphatic heterocycles. The number of imide groups is 1. The maximum Gasteiger partial charge on any atom is 0.325 e. The second-order valence-electron chi connectivity index (χ2n) is 8.52. The lowest BCUT2D eigenvalue weighted by atomic mass is 9.81. The van der Waals surface area contributed by atoms with Gasteiger partial charge in [0.15, 0.2) is 22.8 Å². The van der Waals surface area contributed by atoms with E-state index in [1.165, 1.54) is 0 Å². The number of ether oxygens (including phenoxy) is 2. The maximum atomic E-state index is 13.9. The molecule has 0 saturated carbocycles. The molecule has 0 radical (unpaired) electrons. The van der Waals surface area contributed by atoms with Crippen molar-refractivity contribution in [3.8, 4) is 11.5 Å². The number of benzene rings is 3. The van der Waals surface area contributed by atoms with E-state index in [2.05, 4.69) is 5.32 Å². The Labute approximate surface area is 197 Å². The summed E-state index contributed by atoms with van der Waals surface area (Å²) in [4.78, 5) is 41.1. The van der Waals surface area contributed by atoms with Crippen LogP contribution in [-0.2, 0) is 10.3 Å². The molecule has 1 unspecified atom stereocenters. The first kappa shape index (κ1) is 21.7. The highest BCUT2D eigenvalue weighted by Gasteiger charge is 2.54. The summed E-state index contributed by atoms with van der Waals surface area (Å²) in [7, 11) is 0. The lowest BCUT2D eigenvalue weighted by Gasteiger charge is -2.28. The molecule has 34 heavy (non-hydrogen) atoms. The van der Waals surface area contributed by atoms with Gasteiger partial charge in [-0.3, -0.25) is 14.5 Å². The predicted molar refractivity (Wildman–Crippen MR) is 125 cm³/mol. The molecule has 3 amide bonds. The van der Waals surface area contributed by atoms with Crippen LogP contribution in [0.15, 0.2) is 66.7 Å². The van der Waals surface area contributed by atoms with Gasteiger partial charge in [0.2, 0.25) is 0 Å². The third-order valence-electron chi connectivity index (χ3n) is 6.42. The fraction of sp³-hybridized carbons (Fsp3) is 0.222. The van der Waals surface area contributed by atoms with Crippen LogP contribution in [0, 0.1) is 13.8 Å². The van der Waals surface area contributed by atoms with Gasteiger partial charge in [-0.15, -0.1) is 0 Å². The van der Waals surface area contributed by atoms with Crippen molar-refractivity contribution in [1.29, 1.82) is 0 Å². The van der Waals surface area contributed by atoms with Crippen LogP contribution in [0.4, 0.5) is 4.79 Å². The molecule has 0 bridgehead atoms. The lowest BCUT2D eigenvalue weighted by Crippen LogP contribution is -2.45. The van der Waals surface area contributed by atoms with E-state index < -0.39 is 17.5 Å². The standard InChI is InChI=1S/C27H24N2O5/c1-17-8-10-21(14-18(17)2)27(20-6-4-3-5-7-20)25(31)29(26(32)28-27)16-22(30)19-9-11-23-24(15-19)34-13-12-33-23/h3-11,14-15H,12-13,16H2,1-2H3,(H,28,32). The topological polar surface area (TPSA) is 84.9 Å². The first-order valence-electron chi connectivity index (χ1n) is 11.1. The Morgan fingerprint density at radius 2 is 1.62 bits per heavy atom. The number of carbonyl (C=O) groups excluding carboxylic acids is 3. The SMILES string of the molecule is Cc1ccc(C2(c3ccccc3)NC(=O)N(CC(=O)c3ccc4c(c3)OCCO4)C2=O)cc1C. The van der Waals surface area contributed by atoms with Crippen molar-refractivity contribution in [2.45, 2.75) is 19.4 Å². The number of amides is 3. The molecule has 1 fully saturated rings. The van der Waals surface area contributed by atoms with Crippen LogP contribution in [0.2, 0.25) is 0 Å². The maximum absolute atomic E-state index is 13.9. The van der Waals surface area contributed by atoms with E-state index in [0.717, 1.165) is 16.0 Å². The summed E-state index contributed by atoms with van der Waals surface area (Å²) in [5, 5.41) is 2.89. The van der Waals surface area contributed by atoms with Crippen molar-refractivity contribution in [3.05, 3.63) is 94.5 Å². The van der Waals surface area contributed by atoms with E-state index >= 15 is 0 Å². The molecule has 1 saturated heterocycles. The zero-order valence-electron chi connectivity index (χ0n) is 19.0. The second kappa shape index (κ2) is 8.33. The van der Waals surface area contributed by atoms with Gasteiger partial charge in [0.1, 0.15) is 13.2 Å². The average Bonchev–Trinajstić information content (AvgIpc) is 3.11. The molecule has 3 aromatic rings. The normalized spacial score (nSPS) is 19.2. The van der Waals surface area contributed by atoms with Crippen molar-refractivity contribution >= 4 is 17.7 Å². The minimum atomic E-state index is -1.41. The Kier molecular flexibility index (Phi) is 5.32. The number of nitrogens with one attached hydrogen (secondary N) is 1. The molecule has 5 rings (SSSR count). The molecule has 1 N–H and O–H groups in total. The number of carbonyl (C=O) groups is 3. The van der Waals surface area contributed by atoms with Crippen molar-refractivity contribution in [1.82, 2.24) is 10.2 Å². The summed E-state index contributed by atoms with van der Waals surface area (Å²) in [6.45, 7) is 4.41. The van der Waals surface area contributed by atoms with Crippen molar-refractivity contribution in [2.75, 3.05) is 19.8 Å². The average molecular weight is 456 g/mol. The quantitative estimate of drug-likeness (QED) is 0.467. The first-order valence-corrected chi connectivity index (χ1v) is 11.1. The number of hydrogen-bond acceptors (Lipinski definition) is 5. The Balaban J connectivity index is 1.50. The molecule has 2 aliphatic rings. The third-order valence-corrected chi connectivity index (χ3v) is 6.42. The molecular weight excluding hydrogens is 432 g/mol. The predicted octanol–water partition coefficient (Wildman–Crippen LogP) is 3.75. The highest BCUT2D eigenvalue weighted by molar-refractivity contribution is 6.13. The molecule has 0 aromatic heterocycles. The molecule has 7 heteroatoms. The minimum absolute atomic E-state index is 0.341. The molecular formula is C27H24N2O5. The summed E-state index contributed by atoms with van der Waals surface area (Å²) < 4.78 is 11.1. The van der Waals surface area contributed by atoms with Gasteiger partial charge in [0.05, 0.1) is 6.54 Å². The number of hydrogen-bond donors (Lipinski definition) is 1. The monoisotopic (exact) mass is 456 g/mol. The van der Waals surface area contributed by atoms with Gasteiger partial charge >= 0.3 is 6.03 Å². The zero-order valence-corrected chi connectivity index (χ0v) is 19.0. The lowest BCUT2D eigenvalue weighted by molar-refractivity contribution is -0.129. The van der Waals surface area contributed by atoms with E-state index in [9.17, 15) is 14.4 Å². The van der Waals surface area contributed by atoms with Crippen LogP contribution in [0.3, 0.4) is 0 Å². The number of aryl methyl sites for hydroxylation is 2. The van der Waals surface area contributed by atoms with Crippen molar-refractivity contribution in [2.24, 2.45) is 0 Å². The zero-order chi connectivity index (χ0) is 23.9. The van der Waals surface area contributed by atoms with Gasteiger partial charge in [-0.25, -0.2) is 4.79 Å². The summed E-state index contributed by atoms with van der Waals surface area (Å²) in [6, 6.07) is 19.0. The molecule has 0 aliphatic carbocycles. The van der Waals surface area contributed by atoms with Crippen LogP contribution in [0.25, 0.3) is 0 Å². The fourth-order valence-electron chi connectivity index (χ4n) is 4.39. The van der Waals surface area contributed by atoms with E-state index in [0.29, 0.717) is 41.4 Å². The first-order chi connectivity index (χ1) is 16.4. The Morgan fingerprint density at radius 3 is 2.35 bits per heavy atom. The largest absolute Gasteiger partial charge is 0.486 e. The number of Topliss-reactive ketones (excluding diaryl/α,β-unsaturated/α-hetero) is 1. The van der Waals surface area contributed by atoms with Crippen molar-refractivity contribution in [3.63, 3.8) is 0 Å². The molecule has 0 spiro atoms. The van der Waals surface area contributed by atoms with Gasteiger partial charge in [-0.05, 0) is 54.3 Å². The van der Waals surface area contributed by atoms with Crippen LogP contribution in [0.1, 0.15) is 32.6 Å². The highest BCUT2D eigenvalue weighted by atomic mass is 16.6. The smallest absolute Gasteiger partial charge is 0.325 e. The van der Waals surface area contributed by atoms with Crippen LogP contribution < -0.4 is 14.8 Å². The number of fused-ring (bicyclic) bond motifs is 1. The molecule has 172 valence electrons. The molecule has 7 nitrogen and oxygen atoms in total. The van der Waals surface area contributed by atoms with Crippen LogP contribution >= 0.6 is 0 Å². The minimum Gasteiger partial charge on any atom is -0.486 e. The molecule has 1 atom stereocenters. The molecule has 2 heterocycles. The second-order valence-corrected chi connectivity index (χ2v) is 8.52. The number of ketones is 1. The summed E-state index contributed by atoms with van der Waals surface area (Å²) >= 11 is 0.